The van der Waals surface area contributed by atoms with Crippen LogP contribution in [-0.4, -0.2) is 25.7 Å². The first-order valence-electron chi connectivity index (χ1n) is 4.40. The first-order chi connectivity index (χ1) is 5.83. The van der Waals surface area contributed by atoms with Crippen LogP contribution in [-0.2, 0) is 9.53 Å². The van der Waals surface area contributed by atoms with E-state index in [-0.39, 0.29) is 18.4 Å². The maximum absolute atomic E-state index is 11.0. The van der Waals surface area contributed by atoms with Crippen LogP contribution in [0.15, 0.2) is 11.6 Å². The molecule has 1 rings (SSSR count). The summed E-state index contributed by atoms with van der Waals surface area (Å²) in [7, 11) is 0. The van der Waals surface area contributed by atoms with Gasteiger partial charge < -0.3 is 10.1 Å². The van der Waals surface area contributed by atoms with Gasteiger partial charge in [-0.1, -0.05) is 0 Å². The van der Waals surface area contributed by atoms with Gasteiger partial charge in [-0.15, -0.1) is 12.4 Å². The van der Waals surface area contributed by atoms with E-state index in [1.807, 2.05) is 6.92 Å². The van der Waals surface area contributed by atoms with Crippen molar-refractivity contribution in [1.29, 1.82) is 0 Å². The van der Waals surface area contributed by atoms with Gasteiger partial charge in [0.05, 0.1) is 6.61 Å². The van der Waals surface area contributed by atoms with Crippen LogP contribution in [0.2, 0.25) is 0 Å². The van der Waals surface area contributed by atoms with Crippen LogP contribution in [0, 0.1) is 0 Å². The molecule has 4 heteroatoms. The number of ether oxygens (including phenoxy) is 1. The quantitative estimate of drug-likeness (QED) is 0.545. The van der Waals surface area contributed by atoms with Crippen molar-refractivity contribution in [2.45, 2.75) is 19.8 Å². The zero-order chi connectivity index (χ0) is 8.81. The number of carbonyl (C=O) groups is 1. The topological polar surface area (TPSA) is 38.3 Å². The van der Waals surface area contributed by atoms with E-state index in [4.69, 9.17) is 4.74 Å². The largest absolute Gasteiger partial charge is 0.463 e. The molecule has 1 fully saturated rings. The Hall–Kier alpha value is -0.540. The number of nitrogens with one attached hydrogen (secondary N) is 1. The van der Waals surface area contributed by atoms with Crippen LogP contribution in [0.25, 0.3) is 0 Å². The minimum absolute atomic E-state index is 0. The smallest absolute Gasteiger partial charge is 0.330 e. The number of piperidine rings is 1. The van der Waals surface area contributed by atoms with Gasteiger partial charge in [-0.2, -0.15) is 0 Å². The predicted molar refractivity (Wildman–Crippen MR) is 54.1 cm³/mol. The van der Waals surface area contributed by atoms with E-state index in [2.05, 4.69) is 5.32 Å². The Labute approximate surface area is 84.9 Å². The van der Waals surface area contributed by atoms with Gasteiger partial charge in [0.1, 0.15) is 0 Å². The van der Waals surface area contributed by atoms with Gasteiger partial charge in [0.25, 0.3) is 0 Å². The summed E-state index contributed by atoms with van der Waals surface area (Å²) in [5.41, 5.74) is 1.15. The lowest BCUT2D eigenvalue weighted by molar-refractivity contribution is -0.137. The van der Waals surface area contributed by atoms with Crippen LogP contribution in [0.4, 0.5) is 0 Å². The minimum atomic E-state index is -0.212. The first-order valence-corrected chi connectivity index (χ1v) is 4.40. The van der Waals surface area contributed by atoms with Gasteiger partial charge in [-0.05, 0) is 31.9 Å². The molecule has 0 radical (unpaired) electrons. The predicted octanol–water partition coefficient (Wildman–Crippen LogP) is 1.28. The number of rotatable bonds is 2. The summed E-state index contributed by atoms with van der Waals surface area (Å²) in [6, 6.07) is 0. The highest BCUT2D eigenvalue weighted by Crippen LogP contribution is 2.07. The Balaban J connectivity index is 0.00000144. The summed E-state index contributed by atoms with van der Waals surface area (Å²) >= 11 is 0. The molecule has 0 aromatic heterocycles. The molecule has 0 amide bonds. The third kappa shape index (κ3) is 4.90. The summed E-state index contributed by atoms with van der Waals surface area (Å²) in [6.07, 6.45) is 3.74. The highest BCUT2D eigenvalue weighted by molar-refractivity contribution is 5.85. The molecular weight excluding hydrogens is 190 g/mol. The van der Waals surface area contributed by atoms with Crippen molar-refractivity contribution in [2.24, 2.45) is 0 Å². The van der Waals surface area contributed by atoms with Crippen molar-refractivity contribution in [3.63, 3.8) is 0 Å². The standard InChI is InChI=1S/C9H15NO2.ClH/c1-2-12-9(11)6-8-4-3-5-10-7-8;/h6,10H,2-5,7H2,1H3;1H/b8-6-;. The van der Waals surface area contributed by atoms with Crippen LogP contribution in [0.5, 0.6) is 0 Å². The van der Waals surface area contributed by atoms with E-state index in [0.717, 1.165) is 31.5 Å². The van der Waals surface area contributed by atoms with E-state index in [1.165, 1.54) is 0 Å². The molecule has 0 bridgehead atoms. The number of hydrogen-bond donors (Lipinski definition) is 1. The Morgan fingerprint density at radius 1 is 1.69 bits per heavy atom. The van der Waals surface area contributed by atoms with E-state index < -0.39 is 0 Å². The lowest BCUT2D eigenvalue weighted by Crippen LogP contribution is -2.24. The van der Waals surface area contributed by atoms with Crippen LogP contribution < -0.4 is 5.32 Å². The second-order valence-corrected chi connectivity index (χ2v) is 2.83. The molecule has 1 heterocycles. The summed E-state index contributed by atoms with van der Waals surface area (Å²) in [4.78, 5) is 11.0. The summed E-state index contributed by atoms with van der Waals surface area (Å²) in [6.45, 7) is 4.16. The number of carbonyl (C=O) groups excluding carboxylic acids is 1. The lowest BCUT2D eigenvalue weighted by Gasteiger charge is -2.14. The second-order valence-electron chi connectivity index (χ2n) is 2.83. The van der Waals surface area contributed by atoms with Crippen molar-refractivity contribution in [3.05, 3.63) is 11.6 Å². The molecule has 0 saturated carbocycles. The number of hydrogen-bond acceptors (Lipinski definition) is 3. The molecule has 13 heavy (non-hydrogen) atoms. The normalized spacial score (nSPS) is 19.3. The molecule has 0 atom stereocenters. The highest BCUT2D eigenvalue weighted by atomic mass is 35.5. The summed E-state index contributed by atoms with van der Waals surface area (Å²) in [5.74, 6) is -0.212. The van der Waals surface area contributed by atoms with E-state index in [9.17, 15) is 4.79 Å². The fourth-order valence-electron chi connectivity index (χ4n) is 1.25. The molecule has 76 valence electrons. The molecular formula is C9H16ClNO2. The fraction of sp³-hybridized carbons (Fsp3) is 0.667. The Bertz CT molecular complexity index is 184. The van der Waals surface area contributed by atoms with Crippen molar-refractivity contribution < 1.29 is 9.53 Å². The molecule has 1 N–H and O–H groups in total. The maximum Gasteiger partial charge on any atom is 0.330 e. The monoisotopic (exact) mass is 205 g/mol. The van der Waals surface area contributed by atoms with Crippen molar-refractivity contribution in [2.75, 3.05) is 19.7 Å². The van der Waals surface area contributed by atoms with Gasteiger partial charge in [0.2, 0.25) is 0 Å². The highest BCUT2D eigenvalue weighted by Gasteiger charge is 2.06. The van der Waals surface area contributed by atoms with E-state index in [1.54, 1.807) is 6.08 Å². The van der Waals surface area contributed by atoms with Crippen LogP contribution in [0.1, 0.15) is 19.8 Å². The number of halogens is 1. The van der Waals surface area contributed by atoms with Gasteiger partial charge in [0.15, 0.2) is 0 Å². The van der Waals surface area contributed by atoms with Gasteiger partial charge in [-0.25, -0.2) is 4.79 Å². The average molecular weight is 206 g/mol. The zero-order valence-electron chi connectivity index (χ0n) is 7.84. The molecule has 1 aliphatic heterocycles. The van der Waals surface area contributed by atoms with Crippen LogP contribution in [0.3, 0.4) is 0 Å². The lowest BCUT2D eigenvalue weighted by atomic mass is 10.1. The Kier molecular flexibility index (Phi) is 6.63. The van der Waals surface area contributed by atoms with Crippen molar-refractivity contribution >= 4 is 18.4 Å². The molecule has 0 aliphatic carbocycles. The third-order valence-corrected chi connectivity index (χ3v) is 1.81. The SMILES string of the molecule is CCOC(=O)/C=C1/CCCNC1.Cl. The van der Waals surface area contributed by atoms with E-state index in [0.29, 0.717) is 6.61 Å². The minimum Gasteiger partial charge on any atom is -0.463 e. The molecule has 0 aromatic rings. The van der Waals surface area contributed by atoms with Crippen molar-refractivity contribution in [1.82, 2.24) is 5.32 Å². The van der Waals surface area contributed by atoms with Gasteiger partial charge in [0, 0.05) is 12.6 Å². The molecule has 1 saturated heterocycles. The molecule has 1 aliphatic rings. The fourth-order valence-corrected chi connectivity index (χ4v) is 1.25. The van der Waals surface area contributed by atoms with Crippen LogP contribution >= 0.6 is 12.4 Å². The molecule has 0 aromatic carbocycles. The maximum atomic E-state index is 11.0. The Morgan fingerprint density at radius 3 is 3.00 bits per heavy atom. The summed E-state index contributed by atoms with van der Waals surface area (Å²) in [5, 5.41) is 3.21. The Morgan fingerprint density at radius 2 is 2.46 bits per heavy atom. The average Bonchev–Trinajstić information content (AvgIpc) is 2.06. The second kappa shape index (κ2) is 6.92. The zero-order valence-corrected chi connectivity index (χ0v) is 8.65. The van der Waals surface area contributed by atoms with E-state index >= 15 is 0 Å². The first kappa shape index (κ1) is 12.5. The van der Waals surface area contributed by atoms with Gasteiger partial charge in [-0.3, -0.25) is 0 Å². The van der Waals surface area contributed by atoms with Crippen molar-refractivity contribution in [3.8, 4) is 0 Å². The van der Waals surface area contributed by atoms with Gasteiger partial charge >= 0.3 is 5.97 Å². The summed E-state index contributed by atoms with van der Waals surface area (Å²) < 4.78 is 4.80. The number of esters is 1. The third-order valence-electron chi connectivity index (χ3n) is 1.81. The molecule has 3 nitrogen and oxygen atoms in total. The molecule has 0 unspecified atom stereocenters. The molecule has 0 spiro atoms.